The van der Waals surface area contributed by atoms with Crippen molar-refractivity contribution >= 4 is 0 Å². The summed E-state index contributed by atoms with van der Waals surface area (Å²) in [6.45, 7) is 15.9. The van der Waals surface area contributed by atoms with E-state index in [0.29, 0.717) is 0 Å². The first kappa shape index (κ1) is 16.5. The van der Waals surface area contributed by atoms with Gasteiger partial charge < -0.3 is 5.32 Å². The topological polar surface area (TPSA) is 15.3 Å². The van der Waals surface area contributed by atoms with Crippen LogP contribution >= 0.6 is 0 Å². The van der Waals surface area contributed by atoms with Gasteiger partial charge in [0.15, 0.2) is 0 Å². The number of hydrogen-bond donors (Lipinski definition) is 1. The summed E-state index contributed by atoms with van der Waals surface area (Å²) in [7, 11) is 0. The van der Waals surface area contributed by atoms with Gasteiger partial charge in [-0.15, -0.1) is 0 Å². The molecule has 21 heavy (non-hydrogen) atoms. The van der Waals surface area contributed by atoms with E-state index in [4.69, 9.17) is 0 Å². The van der Waals surface area contributed by atoms with E-state index in [0.717, 1.165) is 19.0 Å². The second kappa shape index (κ2) is 6.93. The van der Waals surface area contributed by atoms with Crippen molar-refractivity contribution in [1.82, 2.24) is 10.2 Å². The van der Waals surface area contributed by atoms with Crippen molar-refractivity contribution < 1.29 is 0 Å². The van der Waals surface area contributed by atoms with E-state index in [-0.39, 0.29) is 5.54 Å². The van der Waals surface area contributed by atoms with E-state index in [9.17, 15) is 0 Å². The van der Waals surface area contributed by atoms with Gasteiger partial charge in [0.2, 0.25) is 0 Å². The minimum Gasteiger partial charge on any atom is -0.312 e. The average molecular weight is 288 g/mol. The highest BCUT2D eigenvalue weighted by Gasteiger charge is 2.21. The first-order valence-corrected chi connectivity index (χ1v) is 8.37. The molecule has 0 radical (unpaired) electrons. The number of nitrogens with zero attached hydrogens (tertiary/aromatic N) is 1. The minimum atomic E-state index is 0.232. The van der Waals surface area contributed by atoms with E-state index < -0.39 is 0 Å². The molecule has 1 aliphatic rings. The summed E-state index contributed by atoms with van der Waals surface area (Å²) in [4.78, 5) is 2.64. The summed E-state index contributed by atoms with van der Waals surface area (Å²) in [6, 6.07) is 6.82. The van der Waals surface area contributed by atoms with Crippen molar-refractivity contribution in [2.45, 2.75) is 59.5 Å². The minimum absolute atomic E-state index is 0.232. The quantitative estimate of drug-likeness (QED) is 0.904. The number of rotatable bonds is 4. The molecule has 0 aliphatic carbocycles. The number of likely N-dealkylation sites (tertiary alicyclic amines) is 1. The Morgan fingerprint density at radius 1 is 1.24 bits per heavy atom. The molecular formula is C19H32N2. The number of nitrogens with one attached hydrogen (secondary N) is 1. The van der Waals surface area contributed by atoms with Crippen LogP contribution < -0.4 is 5.32 Å². The van der Waals surface area contributed by atoms with Gasteiger partial charge in [-0.25, -0.2) is 0 Å². The summed E-state index contributed by atoms with van der Waals surface area (Å²) in [5.41, 5.74) is 4.53. The van der Waals surface area contributed by atoms with Crippen LogP contribution in [0.1, 0.15) is 50.3 Å². The maximum absolute atomic E-state index is 3.67. The molecule has 2 heteroatoms. The van der Waals surface area contributed by atoms with E-state index in [1.165, 1.54) is 42.6 Å². The lowest BCUT2D eigenvalue weighted by Gasteiger charge is -2.35. The number of benzene rings is 1. The zero-order valence-corrected chi connectivity index (χ0v) is 14.5. The third-order valence-corrected chi connectivity index (χ3v) is 4.42. The first-order chi connectivity index (χ1) is 9.83. The van der Waals surface area contributed by atoms with Crippen LogP contribution in [-0.2, 0) is 6.54 Å². The van der Waals surface area contributed by atoms with Gasteiger partial charge in [0.1, 0.15) is 0 Å². The Labute approximate surface area is 130 Å². The molecule has 0 aromatic heterocycles. The largest absolute Gasteiger partial charge is 0.312 e. The van der Waals surface area contributed by atoms with Gasteiger partial charge in [-0.2, -0.15) is 0 Å². The molecule has 118 valence electrons. The Kier molecular flexibility index (Phi) is 5.45. The first-order valence-electron chi connectivity index (χ1n) is 8.37. The van der Waals surface area contributed by atoms with Gasteiger partial charge in [-0.1, -0.05) is 23.8 Å². The normalized spacial score (nSPS) is 20.7. The highest BCUT2D eigenvalue weighted by molar-refractivity contribution is 5.30. The highest BCUT2D eigenvalue weighted by Crippen LogP contribution is 2.20. The fraction of sp³-hybridized carbons (Fsp3) is 0.684. The molecule has 0 amide bonds. The van der Waals surface area contributed by atoms with Crippen LogP contribution in [0.4, 0.5) is 0 Å². The van der Waals surface area contributed by atoms with Crippen LogP contribution in [0, 0.1) is 19.8 Å². The fourth-order valence-corrected chi connectivity index (χ4v) is 3.12. The zero-order valence-electron chi connectivity index (χ0n) is 14.5. The Hall–Kier alpha value is -0.860. The van der Waals surface area contributed by atoms with E-state index in [1.807, 2.05) is 0 Å². The predicted molar refractivity (Wildman–Crippen MR) is 91.7 cm³/mol. The Morgan fingerprint density at radius 2 is 2.00 bits per heavy atom. The predicted octanol–water partition coefficient (Wildman–Crippen LogP) is 3.90. The molecule has 1 N–H and O–H groups in total. The number of aryl methyl sites for hydroxylation is 2. The lowest BCUT2D eigenvalue weighted by Crippen LogP contribution is -2.44. The maximum Gasteiger partial charge on any atom is 0.0236 e. The van der Waals surface area contributed by atoms with Crippen molar-refractivity contribution in [2.75, 3.05) is 19.6 Å². The third-order valence-electron chi connectivity index (χ3n) is 4.42. The summed E-state index contributed by atoms with van der Waals surface area (Å²) < 4.78 is 0. The molecule has 2 rings (SSSR count). The molecule has 0 bridgehead atoms. The summed E-state index contributed by atoms with van der Waals surface area (Å²) >= 11 is 0. The van der Waals surface area contributed by atoms with Gasteiger partial charge >= 0.3 is 0 Å². The fourth-order valence-electron chi connectivity index (χ4n) is 3.12. The van der Waals surface area contributed by atoms with Gasteiger partial charge in [-0.05, 0) is 77.6 Å². The smallest absolute Gasteiger partial charge is 0.0236 e. The second-order valence-corrected chi connectivity index (χ2v) is 7.80. The molecule has 1 fully saturated rings. The summed E-state index contributed by atoms with van der Waals surface area (Å²) in [5, 5.41) is 3.67. The van der Waals surface area contributed by atoms with Crippen molar-refractivity contribution in [3.63, 3.8) is 0 Å². The van der Waals surface area contributed by atoms with Crippen LogP contribution in [0.15, 0.2) is 18.2 Å². The average Bonchev–Trinajstić information content (AvgIpc) is 2.40. The van der Waals surface area contributed by atoms with E-state index >= 15 is 0 Å². The number of hydrogen-bond acceptors (Lipinski definition) is 2. The van der Waals surface area contributed by atoms with Crippen LogP contribution in [0.25, 0.3) is 0 Å². The van der Waals surface area contributed by atoms with Gasteiger partial charge in [-0.3, -0.25) is 4.90 Å². The number of piperidine rings is 1. The Bertz CT molecular complexity index is 459. The molecule has 2 nitrogen and oxygen atoms in total. The standard InChI is InChI=1S/C19H32N2/c1-15-8-9-16(2)18(11-15)14-21-10-6-7-17(13-21)12-20-19(3,4)5/h8-9,11,17,20H,6-7,10,12-14H2,1-5H3. The molecule has 1 atom stereocenters. The zero-order chi connectivity index (χ0) is 15.5. The van der Waals surface area contributed by atoms with Gasteiger partial charge in [0, 0.05) is 18.6 Å². The Morgan fingerprint density at radius 3 is 2.71 bits per heavy atom. The highest BCUT2D eigenvalue weighted by atomic mass is 15.1. The van der Waals surface area contributed by atoms with Gasteiger partial charge in [0.25, 0.3) is 0 Å². The molecule has 1 aromatic rings. The SMILES string of the molecule is Cc1ccc(C)c(CN2CCCC(CNC(C)(C)C)C2)c1. The summed E-state index contributed by atoms with van der Waals surface area (Å²) in [5.74, 6) is 0.795. The third kappa shape index (κ3) is 5.44. The van der Waals surface area contributed by atoms with E-state index in [2.05, 4.69) is 63.0 Å². The van der Waals surface area contributed by atoms with E-state index in [1.54, 1.807) is 0 Å². The maximum atomic E-state index is 3.67. The molecule has 0 saturated carbocycles. The van der Waals surface area contributed by atoms with Crippen molar-refractivity contribution in [1.29, 1.82) is 0 Å². The molecule has 0 spiro atoms. The van der Waals surface area contributed by atoms with Crippen molar-refractivity contribution in [3.8, 4) is 0 Å². The Balaban J connectivity index is 1.90. The van der Waals surface area contributed by atoms with Crippen LogP contribution in [-0.4, -0.2) is 30.1 Å². The lowest BCUT2D eigenvalue weighted by atomic mass is 9.95. The molecule has 1 heterocycles. The molecule has 1 aliphatic heterocycles. The molecule has 1 aromatic carbocycles. The van der Waals surface area contributed by atoms with Gasteiger partial charge in [0.05, 0.1) is 0 Å². The van der Waals surface area contributed by atoms with Crippen molar-refractivity contribution in [2.24, 2.45) is 5.92 Å². The monoisotopic (exact) mass is 288 g/mol. The van der Waals surface area contributed by atoms with Crippen LogP contribution in [0.3, 0.4) is 0 Å². The molecule has 1 saturated heterocycles. The van der Waals surface area contributed by atoms with Crippen LogP contribution in [0.5, 0.6) is 0 Å². The van der Waals surface area contributed by atoms with Crippen molar-refractivity contribution in [3.05, 3.63) is 34.9 Å². The summed E-state index contributed by atoms with van der Waals surface area (Å²) in [6.07, 6.45) is 2.70. The van der Waals surface area contributed by atoms with Crippen LogP contribution in [0.2, 0.25) is 0 Å². The lowest BCUT2D eigenvalue weighted by molar-refractivity contribution is 0.159. The molecule has 1 unspecified atom stereocenters. The molecular weight excluding hydrogens is 256 g/mol. The second-order valence-electron chi connectivity index (χ2n) is 7.80.